The van der Waals surface area contributed by atoms with Crippen molar-refractivity contribution in [1.82, 2.24) is 15.5 Å². The number of hydrogen-bond acceptors (Lipinski definition) is 6. The zero-order valence-corrected chi connectivity index (χ0v) is 18.9. The zero-order valence-electron chi connectivity index (χ0n) is 17.3. The predicted molar refractivity (Wildman–Crippen MR) is 128 cm³/mol. The minimum atomic E-state index is -0.380. The molecule has 3 aromatic carbocycles. The lowest BCUT2D eigenvalue weighted by Crippen LogP contribution is -2.23. The third-order valence-electron chi connectivity index (χ3n) is 4.57. The summed E-state index contributed by atoms with van der Waals surface area (Å²) in [7, 11) is 0. The maximum atomic E-state index is 12.5. The summed E-state index contributed by atoms with van der Waals surface area (Å²) in [6, 6.07) is 23.3. The molecule has 7 nitrogen and oxygen atoms in total. The molecule has 33 heavy (non-hydrogen) atoms. The van der Waals surface area contributed by atoms with Crippen LogP contribution in [0.25, 0.3) is 0 Å². The number of aromatic nitrogens is 2. The smallest absolute Gasteiger partial charge is 0.286 e. The molecular weight excluding hydrogens is 460 g/mol. The van der Waals surface area contributed by atoms with E-state index in [1.54, 1.807) is 30.3 Å². The maximum Gasteiger partial charge on any atom is 0.286 e. The number of carbonyl (C=O) groups excluding carboxylic acids is 2. The molecule has 4 rings (SSSR count). The number of nitrogens with zero attached hydrogens (tertiary/aromatic N) is 2. The monoisotopic (exact) mass is 478 g/mol. The fourth-order valence-electron chi connectivity index (χ4n) is 2.87. The zero-order chi connectivity index (χ0) is 23.0. The number of anilines is 1. The van der Waals surface area contributed by atoms with E-state index in [0.717, 1.165) is 22.6 Å². The molecule has 166 valence electrons. The average molecular weight is 479 g/mol. The largest absolute Gasteiger partial charge is 0.486 e. The van der Waals surface area contributed by atoms with Crippen molar-refractivity contribution in [2.24, 2.45) is 0 Å². The van der Waals surface area contributed by atoms with Gasteiger partial charge in [0.1, 0.15) is 12.4 Å². The van der Waals surface area contributed by atoms with E-state index in [1.807, 2.05) is 48.5 Å². The first-order valence-electron chi connectivity index (χ1n) is 10.0. The molecule has 0 unspecified atom stereocenters. The molecule has 0 radical (unpaired) electrons. The van der Waals surface area contributed by atoms with Gasteiger partial charge in [-0.05, 0) is 48.0 Å². The molecule has 0 aliphatic carbocycles. The second kappa shape index (κ2) is 10.7. The van der Waals surface area contributed by atoms with E-state index >= 15 is 0 Å². The highest BCUT2D eigenvalue weighted by Gasteiger charge is 2.14. The average Bonchev–Trinajstić information content (AvgIpc) is 3.32. The predicted octanol–water partition coefficient (Wildman–Crippen LogP) is 4.95. The van der Waals surface area contributed by atoms with Gasteiger partial charge >= 0.3 is 0 Å². The SMILES string of the molecule is O=C(NCc1ccccc1Cl)c1ccc(NC(=O)c2nnc(COc3ccccc3)s2)cc1. The number of amides is 2. The van der Waals surface area contributed by atoms with Gasteiger partial charge in [-0.15, -0.1) is 10.2 Å². The van der Waals surface area contributed by atoms with Crippen LogP contribution in [0.5, 0.6) is 5.75 Å². The Morgan fingerprint density at radius 1 is 0.879 bits per heavy atom. The topological polar surface area (TPSA) is 93.2 Å². The Morgan fingerprint density at radius 2 is 1.61 bits per heavy atom. The van der Waals surface area contributed by atoms with Gasteiger partial charge in [0.15, 0.2) is 5.01 Å². The number of para-hydroxylation sites is 1. The van der Waals surface area contributed by atoms with Gasteiger partial charge in [-0.25, -0.2) is 0 Å². The molecule has 0 saturated carbocycles. The first-order valence-corrected chi connectivity index (χ1v) is 11.2. The summed E-state index contributed by atoms with van der Waals surface area (Å²) >= 11 is 7.27. The van der Waals surface area contributed by atoms with Gasteiger partial charge in [0.05, 0.1) is 0 Å². The first kappa shape index (κ1) is 22.4. The summed E-state index contributed by atoms with van der Waals surface area (Å²) in [5, 5.41) is 14.9. The van der Waals surface area contributed by atoms with Gasteiger partial charge in [-0.3, -0.25) is 9.59 Å². The van der Waals surface area contributed by atoms with E-state index in [0.29, 0.717) is 27.8 Å². The lowest BCUT2D eigenvalue weighted by atomic mass is 10.1. The fraction of sp³-hybridized carbons (Fsp3) is 0.0833. The number of rotatable bonds is 8. The van der Waals surface area contributed by atoms with Crippen molar-refractivity contribution in [3.8, 4) is 5.75 Å². The molecule has 9 heteroatoms. The number of nitrogens with one attached hydrogen (secondary N) is 2. The fourth-order valence-corrected chi connectivity index (χ4v) is 3.72. The normalized spacial score (nSPS) is 10.5. The molecule has 0 aliphatic heterocycles. The third-order valence-corrected chi connectivity index (χ3v) is 5.83. The summed E-state index contributed by atoms with van der Waals surface area (Å²) in [6.45, 7) is 0.553. The maximum absolute atomic E-state index is 12.5. The Bertz CT molecular complexity index is 1250. The number of ether oxygens (including phenoxy) is 1. The second-order valence-corrected chi connectivity index (χ2v) is 8.38. The van der Waals surface area contributed by atoms with Crippen molar-refractivity contribution < 1.29 is 14.3 Å². The van der Waals surface area contributed by atoms with Gasteiger partial charge in [0.2, 0.25) is 5.01 Å². The molecule has 0 bridgehead atoms. The Morgan fingerprint density at radius 3 is 2.36 bits per heavy atom. The Kier molecular flexibility index (Phi) is 7.29. The molecule has 0 atom stereocenters. The molecule has 0 saturated heterocycles. The summed E-state index contributed by atoms with van der Waals surface area (Å²) in [4.78, 5) is 24.9. The van der Waals surface area contributed by atoms with E-state index in [9.17, 15) is 9.59 Å². The lowest BCUT2D eigenvalue weighted by molar-refractivity contribution is 0.0950. The van der Waals surface area contributed by atoms with Crippen LogP contribution >= 0.6 is 22.9 Å². The van der Waals surface area contributed by atoms with Crippen molar-refractivity contribution in [2.45, 2.75) is 13.2 Å². The van der Waals surface area contributed by atoms with E-state index in [4.69, 9.17) is 16.3 Å². The Hall–Kier alpha value is -3.75. The van der Waals surface area contributed by atoms with Crippen LogP contribution in [0.15, 0.2) is 78.9 Å². The van der Waals surface area contributed by atoms with Crippen molar-refractivity contribution >= 4 is 40.4 Å². The van der Waals surface area contributed by atoms with Gasteiger partial charge < -0.3 is 15.4 Å². The van der Waals surface area contributed by atoms with E-state index in [-0.39, 0.29) is 23.4 Å². The molecule has 2 amide bonds. The molecule has 1 heterocycles. The van der Waals surface area contributed by atoms with Crippen LogP contribution in [0.3, 0.4) is 0 Å². The van der Waals surface area contributed by atoms with Gasteiger partial charge in [0.25, 0.3) is 11.8 Å². The molecule has 2 N–H and O–H groups in total. The van der Waals surface area contributed by atoms with Crippen molar-refractivity contribution in [3.63, 3.8) is 0 Å². The molecule has 0 fully saturated rings. The van der Waals surface area contributed by atoms with Crippen molar-refractivity contribution in [2.75, 3.05) is 5.32 Å². The van der Waals surface area contributed by atoms with Gasteiger partial charge in [-0.2, -0.15) is 0 Å². The quantitative estimate of drug-likeness (QED) is 0.373. The number of halogens is 1. The minimum Gasteiger partial charge on any atom is -0.486 e. The number of hydrogen-bond donors (Lipinski definition) is 2. The van der Waals surface area contributed by atoms with Crippen molar-refractivity contribution in [1.29, 1.82) is 0 Å². The molecule has 1 aromatic heterocycles. The molecule has 4 aromatic rings. The standard InChI is InChI=1S/C24H19ClN4O3S/c25-20-9-5-4-6-17(20)14-26-22(30)16-10-12-18(13-11-16)27-23(31)24-29-28-21(33-24)15-32-19-7-2-1-3-8-19/h1-13H,14-15H2,(H,26,30)(H,27,31). The highest BCUT2D eigenvalue weighted by atomic mass is 35.5. The van der Waals surface area contributed by atoms with Crippen LogP contribution in [0.4, 0.5) is 5.69 Å². The summed E-state index contributed by atoms with van der Waals surface area (Å²) in [5.41, 5.74) is 1.85. The van der Waals surface area contributed by atoms with Crippen LogP contribution < -0.4 is 15.4 Å². The minimum absolute atomic E-state index is 0.225. The highest BCUT2D eigenvalue weighted by molar-refractivity contribution is 7.13. The molecule has 0 aliphatic rings. The summed E-state index contributed by atoms with van der Waals surface area (Å²) in [5.74, 6) is 0.101. The van der Waals surface area contributed by atoms with Gasteiger partial charge in [-0.1, -0.05) is 59.3 Å². The van der Waals surface area contributed by atoms with Crippen LogP contribution in [0.1, 0.15) is 30.7 Å². The number of benzene rings is 3. The highest BCUT2D eigenvalue weighted by Crippen LogP contribution is 2.18. The molecular formula is C24H19ClN4O3S. The van der Waals surface area contributed by atoms with Crippen LogP contribution in [-0.2, 0) is 13.2 Å². The van der Waals surface area contributed by atoms with E-state index in [2.05, 4.69) is 20.8 Å². The summed E-state index contributed by atoms with van der Waals surface area (Å²) < 4.78 is 5.62. The van der Waals surface area contributed by atoms with Crippen molar-refractivity contribution in [3.05, 3.63) is 105 Å². The molecule has 0 spiro atoms. The van der Waals surface area contributed by atoms with E-state index < -0.39 is 0 Å². The Labute approximate surface area is 199 Å². The van der Waals surface area contributed by atoms with Crippen LogP contribution in [0.2, 0.25) is 5.02 Å². The van der Waals surface area contributed by atoms with Crippen LogP contribution in [-0.4, -0.2) is 22.0 Å². The number of carbonyl (C=O) groups is 2. The lowest BCUT2D eigenvalue weighted by Gasteiger charge is -2.08. The van der Waals surface area contributed by atoms with E-state index in [1.165, 1.54) is 0 Å². The second-order valence-electron chi connectivity index (χ2n) is 6.91. The Balaban J connectivity index is 1.29. The first-order chi connectivity index (χ1) is 16.1. The third kappa shape index (κ3) is 6.15. The van der Waals surface area contributed by atoms with Gasteiger partial charge in [0, 0.05) is 22.8 Å². The van der Waals surface area contributed by atoms with Crippen LogP contribution in [0, 0.1) is 0 Å². The summed E-state index contributed by atoms with van der Waals surface area (Å²) in [6.07, 6.45) is 0.